The van der Waals surface area contributed by atoms with E-state index in [-0.39, 0.29) is 23.3 Å². The molecule has 1 saturated heterocycles. The maximum absolute atomic E-state index is 12.9. The highest BCUT2D eigenvalue weighted by Crippen LogP contribution is 2.22. The van der Waals surface area contributed by atoms with Crippen LogP contribution in [0.4, 0.5) is 5.69 Å². The first-order chi connectivity index (χ1) is 14.1. The van der Waals surface area contributed by atoms with Crippen LogP contribution in [-0.2, 0) is 4.74 Å². The van der Waals surface area contributed by atoms with Gasteiger partial charge < -0.3 is 19.6 Å². The van der Waals surface area contributed by atoms with Crippen LogP contribution in [0.25, 0.3) is 11.0 Å². The number of nitrogens with zero attached hydrogens (tertiary/aromatic N) is 1. The number of phenols is 1. The fourth-order valence-corrected chi connectivity index (χ4v) is 3.71. The number of rotatable bonds is 5. The zero-order valence-corrected chi connectivity index (χ0v) is 16.9. The SMILES string of the molecule is CSc1cccc(N=c2oc3cc(O)ccc3cc2C(=O)NC[C@@H]2CCCO2)c1. The number of thioether (sulfide) groups is 1. The van der Waals surface area contributed by atoms with Gasteiger partial charge in [0.1, 0.15) is 16.9 Å². The van der Waals surface area contributed by atoms with Gasteiger partial charge in [-0.25, -0.2) is 4.99 Å². The van der Waals surface area contributed by atoms with Crippen molar-refractivity contribution >= 4 is 34.3 Å². The number of amides is 1. The summed E-state index contributed by atoms with van der Waals surface area (Å²) >= 11 is 1.61. The molecule has 1 fully saturated rings. The van der Waals surface area contributed by atoms with Crippen LogP contribution in [0.15, 0.2) is 62.8 Å². The van der Waals surface area contributed by atoms with Gasteiger partial charge in [0, 0.05) is 29.5 Å². The van der Waals surface area contributed by atoms with E-state index in [1.54, 1.807) is 30.0 Å². The van der Waals surface area contributed by atoms with Crippen LogP contribution in [0.2, 0.25) is 0 Å². The van der Waals surface area contributed by atoms with Crippen LogP contribution in [-0.4, -0.2) is 36.5 Å². The van der Waals surface area contributed by atoms with E-state index in [1.165, 1.54) is 6.07 Å². The monoisotopic (exact) mass is 410 g/mol. The smallest absolute Gasteiger partial charge is 0.256 e. The quantitative estimate of drug-likeness (QED) is 0.621. The number of aromatic hydroxyl groups is 1. The molecule has 150 valence electrons. The molecule has 1 amide bonds. The predicted molar refractivity (Wildman–Crippen MR) is 113 cm³/mol. The number of benzene rings is 2. The highest BCUT2D eigenvalue weighted by Gasteiger charge is 2.18. The van der Waals surface area contributed by atoms with Crippen LogP contribution < -0.4 is 10.9 Å². The summed E-state index contributed by atoms with van der Waals surface area (Å²) in [5.74, 6) is -0.175. The van der Waals surface area contributed by atoms with Crippen molar-refractivity contribution in [1.29, 1.82) is 0 Å². The normalized spacial score (nSPS) is 17.0. The Morgan fingerprint density at radius 3 is 2.97 bits per heavy atom. The van der Waals surface area contributed by atoms with E-state index in [9.17, 15) is 9.90 Å². The maximum atomic E-state index is 12.9. The molecule has 0 aliphatic carbocycles. The number of ether oxygens (including phenoxy) is 1. The first kappa shape index (κ1) is 19.5. The first-order valence-corrected chi connectivity index (χ1v) is 10.7. The van der Waals surface area contributed by atoms with Crippen LogP contribution in [0.3, 0.4) is 0 Å². The standard InChI is InChI=1S/C22H22N2O4S/c1-29-18-6-2-4-15(11-18)24-22-19(21(26)23-13-17-5-3-9-27-17)10-14-7-8-16(25)12-20(14)28-22/h2,4,6-8,10-12,17,25H,3,5,9,13H2,1H3,(H,23,26)/t17-/m0/s1. The van der Waals surface area contributed by atoms with E-state index < -0.39 is 0 Å². The van der Waals surface area contributed by atoms with Crippen LogP contribution in [0, 0.1) is 0 Å². The van der Waals surface area contributed by atoms with Crippen molar-refractivity contribution in [2.45, 2.75) is 23.8 Å². The molecule has 1 aromatic heterocycles. The lowest BCUT2D eigenvalue weighted by molar-refractivity contribution is 0.0854. The molecule has 1 aliphatic heterocycles. The number of hydrogen-bond donors (Lipinski definition) is 2. The molecule has 29 heavy (non-hydrogen) atoms. The molecular weight excluding hydrogens is 388 g/mol. The summed E-state index contributed by atoms with van der Waals surface area (Å²) in [7, 11) is 0. The van der Waals surface area contributed by atoms with Crippen molar-refractivity contribution in [2.24, 2.45) is 4.99 Å². The molecule has 3 aromatic rings. The lowest BCUT2D eigenvalue weighted by Crippen LogP contribution is -2.34. The zero-order valence-electron chi connectivity index (χ0n) is 16.1. The van der Waals surface area contributed by atoms with Crippen LogP contribution in [0.1, 0.15) is 23.2 Å². The van der Waals surface area contributed by atoms with Gasteiger partial charge in [-0.3, -0.25) is 4.79 Å². The van der Waals surface area contributed by atoms with E-state index in [4.69, 9.17) is 9.15 Å². The van der Waals surface area contributed by atoms with E-state index >= 15 is 0 Å². The second-order valence-electron chi connectivity index (χ2n) is 6.85. The third kappa shape index (κ3) is 4.63. The molecule has 0 saturated carbocycles. The minimum atomic E-state index is -0.265. The number of fused-ring (bicyclic) bond motifs is 1. The van der Waals surface area contributed by atoms with Crippen LogP contribution >= 0.6 is 11.8 Å². The molecule has 2 heterocycles. The Balaban J connectivity index is 1.75. The average molecular weight is 410 g/mol. The van der Waals surface area contributed by atoms with Crippen molar-refractivity contribution in [3.8, 4) is 5.75 Å². The molecule has 7 heteroatoms. The molecular formula is C22H22N2O4S. The summed E-state index contributed by atoms with van der Waals surface area (Å²) in [5, 5.41) is 13.4. The summed E-state index contributed by atoms with van der Waals surface area (Å²) in [6, 6.07) is 14.2. The van der Waals surface area contributed by atoms with Crippen molar-refractivity contribution in [1.82, 2.24) is 5.32 Å². The fourth-order valence-electron chi connectivity index (χ4n) is 3.26. The Morgan fingerprint density at radius 2 is 2.17 bits per heavy atom. The van der Waals surface area contributed by atoms with Gasteiger partial charge in [-0.2, -0.15) is 0 Å². The van der Waals surface area contributed by atoms with E-state index in [0.717, 1.165) is 24.3 Å². The summed E-state index contributed by atoms with van der Waals surface area (Å²) < 4.78 is 11.5. The summed E-state index contributed by atoms with van der Waals surface area (Å²) in [4.78, 5) is 18.5. The highest BCUT2D eigenvalue weighted by atomic mass is 32.2. The minimum Gasteiger partial charge on any atom is -0.508 e. The second kappa shape index (κ2) is 8.71. The third-order valence-corrected chi connectivity index (χ3v) is 5.50. The molecule has 1 aliphatic rings. The van der Waals surface area contributed by atoms with E-state index in [0.29, 0.717) is 28.8 Å². The lowest BCUT2D eigenvalue weighted by Gasteiger charge is -2.11. The molecule has 1 atom stereocenters. The van der Waals surface area contributed by atoms with Gasteiger partial charge in [0.05, 0.1) is 11.8 Å². The highest BCUT2D eigenvalue weighted by molar-refractivity contribution is 7.98. The Labute approximate surface area is 172 Å². The zero-order chi connectivity index (χ0) is 20.2. The third-order valence-electron chi connectivity index (χ3n) is 4.78. The molecule has 0 unspecified atom stereocenters. The average Bonchev–Trinajstić information content (AvgIpc) is 3.25. The molecule has 2 N–H and O–H groups in total. The molecule has 0 bridgehead atoms. The first-order valence-electron chi connectivity index (χ1n) is 9.48. The lowest BCUT2D eigenvalue weighted by atomic mass is 10.1. The number of carbonyl (C=O) groups is 1. The van der Waals surface area contributed by atoms with Gasteiger partial charge in [-0.1, -0.05) is 6.07 Å². The molecule has 2 aromatic carbocycles. The molecule has 0 spiro atoms. The van der Waals surface area contributed by atoms with Crippen molar-refractivity contribution in [2.75, 3.05) is 19.4 Å². The predicted octanol–water partition coefficient (Wildman–Crippen LogP) is 4.00. The fraction of sp³-hybridized carbons (Fsp3) is 0.273. The number of hydrogen-bond acceptors (Lipinski definition) is 6. The van der Waals surface area contributed by atoms with Gasteiger partial charge in [-0.15, -0.1) is 11.8 Å². The van der Waals surface area contributed by atoms with Gasteiger partial charge in [0.25, 0.3) is 5.91 Å². The van der Waals surface area contributed by atoms with Gasteiger partial charge >= 0.3 is 0 Å². The number of carbonyl (C=O) groups excluding carboxylic acids is 1. The minimum absolute atomic E-state index is 0.0481. The molecule has 6 nitrogen and oxygen atoms in total. The Hall–Kier alpha value is -2.77. The number of phenolic OH excluding ortho intramolecular Hbond substituents is 1. The Kier molecular flexibility index (Phi) is 5.87. The molecule has 4 rings (SSSR count). The van der Waals surface area contributed by atoms with Gasteiger partial charge in [0.15, 0.2) is 0 Å². The van der Waals surface area contributed by atoms with Crippen molar-refractivity contribution in [3.05, 3.63) is 59.6 Å². The Bertz CT molecular complexity index is 1100. The largest absolute Gasteiger partial charge is 0.508 e. The molecule has 0 radical (unpaired) electrons. The number of nitrogens with one attached hydrogen (secondary N) is 1. The van der Waals surface area contributed by atoms with Crippen molar-refractivity contribution < 1.29 is 19.1 Å². The summed E-state index contributed by atoms with van der Waals surface area (Å²) in [6.07, 6.45) is 4.00. The van der Waals surface area contributed by atoms with E-state index in [2.05, 4.69) is 10.3 Å². The summed E-state index contributed by atoms with van der Waals surface area (Å²) in [5.41, 5.74) is 1.69. The van der Waals surface area contributed by atoms with Gasteiger partial charge in [-0.05, 0) is 55.5 Å². The summed E-state index contributed by atoms with van der Waals surface area (Å²) in [6.45, 7) is 1.19. The van der Waals surface area contributed by atoms with E-state index in [1.807, 2.05) is 30.5 Å². The topological polar surface area (TPSA) is 84.1 Å². The maximum Gasteiger partial charge on any atom is 0.256 e. The second-order valence-corrected chi connectivity index (χ2v) is 7.73. The van der Waals surface area contributed by atoms with Gasteiger partial charge in [0.2, 0.25) is 5.55 Å². The Morgan fingerprint density at radius 1 is 1.28 bits per heavy atom. The van der Waals surface area contributed by atoms with Crippen molar-refractivity contribution in [3.63, 3.8) is 0 Å². The van der Waals surface area contributed by atoms with Crippen LogP contribution in [0.5, 0.6) is 5.75 Å².